The molecule has 0 radical (unpaired) electrons. The van der Waals surface area contributed by atoms with Gasteiger partial charge >= 0.3 is 0 Å². The number of hydrogen-bond acceptors (Lipinski definition) is 2. The Balaban J connectivity index is 1.68. The fourth-order valence-corrected chi connectivity index (χ4v) is 3.68. The van der Waals surface area contributed by atoms with E-state index in [2.05, 4.69) is 31.0 Å². The summed E-state index contributed by atoms with van der Waals surface area (Å²) in [7, 11) is 0. The fourth-order valence-electron chi connectivity index (χ4n) is 3.68. The van der Waals surface area contributed by atoms with Crippen molar-refractivity contribution < 1.29 is 0 Å². The van der Waals surface area contributed by atoms with Gasteiger partial charge in [-0.25, -0.2) is 0 Å². The molecule has 3 heteroatoms. The lowest BCUT2D eigenvalue weighted by atomic mass is 9.36. The highest BCUT2D eigenvalue weighted by Crippen LogP contribution is 2.73. The van der Waals surface area contributed by atoms with Crippen LogP contribution < -0.4 is 0 Å². The molecule has 2 bridgehead atoms. The molecule has 0 aliphatic heterocycles. The molecule has 0 saturated heterocycles. The molecule has 0 spiro atoms. The summed E-state index contributed by atoms with van der Waals surface area (Å²) in [5, 5.41) is 8.89. The summed E-state index contributed by atoms with van der Waals surface area (Å²) in [6.45, 7) is 7.76. The van der Waals surface area contributed by atoms with E-state index >= 15 is 0 Å². The Labute approximate surface area is 90.9 Å². The Kier molecular flexibility index (Phi) is 1.64. The molecule has 0 unspecified atom stereocenters. The second kappa shape index (κ2) is 2.63. The maximum absolute atomic E-state index is 4.53. The summed E-state index contributed by atoms with van der Waals surface area (Å²) in [4.78, 5) is 1.91. The highest BCUT2D eigenvalue weighted by Gasteiger charge is 2.64. The smallest absolute Gasteiger partial charge is 0.0852 e. The van der Waals surface area contributed by atoms with Crippen LogP contribution in [-0.2, 0) is 6.54 Å². The molecule has 0 amide bonds. The lowest BCUT2D eigenvalue weighted by Gasteiger charge is -2.69. The Morgan fingerprint density at radius 1 is 1.40 bits per heavy atom. The summed E-state index contributed by atoms with van der Waals surface area (Å²) < 4.78 is 0. The lowest BCUT2D eigenvalue weighted by Crippen LogP contribution is -2.61. The van der Waals surface area contributed by atoms with Crippen molar-refractivity contribution in [3.63, 3.8) is 0 Å². The van der Waals surface area contributed by atoms with Gasteiger partial charge in [0.15, 0.2) is 0 Å². The zero-order chi connectivity index (χ0) is 10.7. The summed E-state index contributed by atoms with van der Waals surface area (Å²) in [5.74, 6) is 0.490. The fraction of sp³-hybridized carbons (Fsp3) is 0.833. The first kappa shape index (κ1) is 9.37. The molecule has 3 saturated carbocycles. The van der Waals surface area contributed by atoms with Crippen molar-refractivity contribution in [1.82, 2.24) is 15.0 Å². The van der Waals surface area contributed by atoms with E-state index in [1.54, 1.807) is 0 Å². The lowest BCUT2D eigenvalue weighted by molar-refractivity contribution is -0.202. The molecule has 0 N–H and O–H groups in total. The van der Waals surface area contributed by atoms with Crippen LogP contribution in [0.2, 0.25) is 0 Å². The number of aromatic nitrogens is 3. The Morgan fingerprint density at radius 2 is 2.07 bits per heavy atom. The molecule has 1 heterocycles. The third kappa shape index (κ3) is 1.32. The molecule has 82 valence electrons. The van der Waals surface area contributed by atoms with Gasteiger partial charge in [0.1, 0.15) is 0 Å². The zero-order valence-corrected chi connectivity index (χ0v) is 9.82. The number of rotatable bonds is 3. The van der Waals surface area contributed by atoms with Crippen LogP contribution >= 0.6 is 0 Å². The molecule has 4 rings (SSSR count). The minimum absolute atomic E-state index is 0.490. The van der Waals surface area contributed by atoms with Crippen molar-refractivity contribution in [2.75, 3.05) is 0 Å². The van der Waals surface area contributed by atoms with Crippen LogP contribution in [0.1, 0.15) is 51.6 Å². The van der Waals surface area contributed by atoms with E-state index in [1.165, 1.54) is 19.3 Å². The van der Waals surface area contributed by atoms with Crippen molar-refractivity contribution in [1.29, 1.82) is 0 Å². The number of nitrogens with zero attached hydrogens (tertiary/aromatic N) is 3. The van der Waals surface area contributed by atoms with E-state index in [0.29, 0.717) is 16.7 Å². The average Bonchev–Trinajstić information content (AvgIpc) is 2.48. The molecule has 0 atom stereocenters. The monoisotopic (exact) mass is 205 g/mol. The van der Waals surface area contributed by atoms with E-state index in [9.17, 15) is 0 Å². The standard InChI is InChI=1S/C12H19N3/c1-9(2)10-4-13-15(14-10)8-12-5-11(3,6-12)7-12/h4,9H,5-8H2,1-3H3. The van der Waals surface area contributed by atoms with Gasteiger partial charge in [0.2, 0.25) is 0 Å². The van der Waals surface area contributed by atoms with E-state index in [-0.39, 0.29) is 0 Å². The normalized spacial score (nSPS) is 37.6. The molecule has 15 heavy (non-hydrogen) atoms. The minimum atomic E-state index is 0.490. The van der Waals surface area contributed by atoms with Gasteiger partial charge < -0.3 is 0 Å². The van der Waals surface area contributed by atoms with Crippen LogP contribution in [0.3, 0.4) is 0 Å². The van der Waals surface area contributed by atoms with Crippen LogP contribution in [-0.4, -0.2) is 15.0 Å². The first-order valence-electron chi connectivity index (χ1n) is 5.90. The van der Waals surface area contributed by atoms with Crippen LogP contribution in [0.25, 0.3) is 0 Å². The molecule has 3 fully saturated rings. The summed E-state index contributed by atoms with van der Waals surface area (Å²) in [6.07, 6.45) is 6.08. The van der Waals surface area contributed by atoms with E-state index in [0.717, 1.165) is 12.2 Å². The molecule has 3 aliphatic carbocycles. The van der Waals surface area contributed by atoms with Gasteiger partial charge in [0, 0.05) is 0 Å². The molecule has 3 nitrogen and oxygen atoms in total. The minimum Gasteiger partial charge on any atom is -0.184 e. The highest BCUT2D eigenvalue weighted by atomic mass is 15.5. The third-order valence-electron chi connectivity index (χ3n) is 4.03. The van der Waals surface area contributed by atoms with Gasteiger partial charge in [-0.05, 0) is 36.0 Å². The maximum Gasteiger partial charge on any atom is 0.0852 e. The molecular weight excluding hydrogens is 186 g/mol. The van der Waals surface area contributed by atoms with Crippen LogP contribution in [0.4, 0.5) is 0 Å². The van der Waals surface area contributed by atoms with Gasteiger partial charge in [-0.1, -0.05) is 20.8 Å². The number of hydrogen-bond donors (Lipinski definition) is 0. The van der Waals surface area contributed by atoms with E-state index in [1.807, 2.05) is 11.0 Å². The first-order chi connectivity index (χ1) is 7.00. The second-order valence-corrected chi connectivity index (χ2v) is 6.30. The molecule has 0 aromatic carbocycles. The van der Waals surface area contributed by atoms with Crippen molar-refractivity contribution >= 4 is 0 Å². The molecule has 1 aromatic heterocycles. The predicted octanol–water partition coefficient (Wildman–Crippen LogP) is 2.59. The van der Waals surface area contributed by atoms with Gasteiger partial charge in [-0.3, -0.25) is 0 Å². The van der Waals surface area contributed by atoms with E-state index in [4.69, 9.17) is 0 Å². The van der Waals surface area contributed by atoms with Crippen LogP contribution in [0.5, 0.6) is 0 Å². The van der Waals surface area contributed by atoms with Gasteiger partial charge in [0.25, 0.3) is 0 Å². The predicted molar refractivity (Wildman–Crippen MR) is 58.5 cm³/mol. The van der Waals surface area contributed by atoms with Crippen molar-refractivity contribution in [3.8, 4) is 0 Å². The van der Waals surface area contributed by atoms with Crippen LogP contribution in [0, 0.1) is 10.8 Å². The third-order valence-corrected chi connectivity index (χ3v) is 4.03. The molecule has 3 aliphatic rings. The van der Waals surface area contributed by atoms with Gasteiger partial charge in [-0.2, -0.15) is 15.0 Å². The Bertz CT molecular complexity index is 372. The zero-order valence-electron chi connectivity index (χ0n) is 9.82. The quantitative estimate of drug-likeness (QED) is 0.759. The SMILES string of the molecule is CC(C)c1cnn(CC23CC(C)(C2)C3)n1. The van der Waals surface area contributed by atoms with Gasteiger partial charge in [0.05, 0.1) is 18.4 Å². The topological polar surface area (TPSA) is 30.7 Å². The highest BCUT2D eigenvalue weighted by molar-refractivity contribution is 5.14. The first-order valence-corrected chi connectivity index (χ1v) is 5.90. The Morgan fingerprint density at radius 3 is 2.53 bits per heavy atom. The molecule has 1 aromatic rings. The maximum atomic E-state index is 4.53. The largest absolute Gasteiger partial charge is 0.184 e. The summed E-state index contributed by atoms with van der Waals surface area (Å²) >= 11 is 0. The summed E-state index contributed by atoms with van der Waals surface area (Å²) in [6, 6.07) is 0. The Hall–Kier alpha value is -0.860. The van der Waals surface area contributed by atoms with Crippen LogP contribution in [0.15, 0.2) is 6.20 Å². The van der Waals surface area contributed by atoms with Crippen molar-refractivity contribution in [2.24, 2.45) is 10.8 Å². The average molecular weight is 205 g/mol. The van der Waals surface area contributed by atoms with Crippen molar-refractivity contribution in [2.45, 2.75) is 52.5 Å². The van der Waals surface area contributed by atoms with E-state index < -0.39 is 0 Å². The molecular formula is C12H19N3. The second-order valence-electron chi connectivity index (χ2n) is 6.30. The summed E-state index contributed by atoms with van der Waals surface area (Å²) in [5.41, 5.74) is 2.38. The van der Waals surface area contributed by atoms with Gasteiger partial charge in [-0.15, -0.1) is 0 Å². The van der Waals surface area contributed by atoms with Crippen molar-refractivity contribution in [3.05, 3.63) is 11.9 Å².